The molecule has 9 nitrogen and oxygen atoms in total. The van der Waals surface area contributed by atoms with E-state index in [1.165, 1.54) is 6.92 Å². The standard InChI is InChI=1S/C17H35NO8/c1-5-12-9(2)14(21)15(22)17(25-12)24-11(4)13(8-19)26-16(10(3)20)23-7-6-18/h9-17,19-22H,5-8,18H2,1-4H3/t9?,10-,11?,12?,13?,14?,15?,16?,17?/m1/s1. The highest BCUT2D eigenvalue weighted by molar-refractivity contribution is 4.87. The molecule has 0 aliphatic carbocycles. The Labute approximate surface area is 155 Å². The van der Waals surface area contributed by atoms with Gasteiger partial charge >= 0.3 is 0 Å². The Bertz CT molecular complexity index is 384. The lowest BCUT2D eigenvalue weighted by Crippen LogP contribution is -2.56. The van der Waals surface area contributed by atoms with Crippen LogP contribution < -0.4 is 5.73 Å². The molecule has 0 amide bonds. The number of ether oxygens (including phenoxy) is 4. The van der Waals surface area contributed by atoms with Gasteiger partial charge in [0.05, 0.1) is 31.5 Å². The van der Waals surface area contributed by atoms with Crippen LogP contribution in [0.25, 0.3) is 0 Å². The predicted molar refractivity (Wildman–Crippen MR) is 93.1 cm³/mol. The summed E-state index contributed by atoms with van der Waals surface area (Å²) >= 11 is 0. The zero-order chi connectivity index (χ0) is 19.9. The number of aliphatic hydroxyl groups excluding tert-OH is 4. The molecule has 156 valence electrons. The van der Waals surface area contributed by atoms with Gasteiger partial charge in [0.25, 0.3) is 0 Å². The molecule has 1 rings (SSSR count). The van der Waals surface area contributed by atoms with Crippen LogP contribution in [0.3, 0.4) is 0 Å². The van der Waals surface area contributed by atoms with Crippen molar-refractivity contribution in [2.24, 2.45) is 11.7 Å². The van der Waals surface area contributed by atoms with Gasteiger partial charge in [-0.3, -0.25) is 0 Å². The minimum atomic E-state index is -1.21. The fourth-order valence-corrected chi connectivity index (χ4v) is 2.90. The maximum absolute atomic E-state index is 10.2. The smallest absolute Gasteiger partial charge is 0.186 e. The fourth-order valence-electron chi connectivity index (χ4n) is 2.90. The number of nitrogens with two attached hydrogens (primary N) is 1. The Kier molecular flexibility index (Phi) is 10.5. The Morgan fingerprint density at radius 2 is 1.85 bits per heavy atom. The average molecular weight is 381 g/mol. The van der Waals surface area contributed by atoms with E-state index in [9.17, 15) is 20.4 Å². The first-order valence-electron chi connectivity index (χ1n) is 9.19. The van der Waals surface area contributed by atoms with Gasteiger partial charge in [0, 0.05) is 12.5 Å². The normalized spacial score (nSPS) is 34.3. The molecule has 0 spiro atoms. The van der Waals surface area contributed by atoms with Crippen molar-refractivity contribution in [3.8, 4) is 0 Å². The molecule has 1 fully saturated rings. The molecule has 0 aromatic heterocycles. The third kappa shape index (κ3) is 6.36. The van der Waals surface area contributed by atoms with Gasteiger partial charge in [-0.05, 0) is 20.3 Å². The molecule has 1 saturated heterocycles. The molecular weight excluding hydrogens is 346 g/mol. The van der Waals surface area contributed by atoms with Gasteiger partial charge in [-0.15, -0.1) is 0 Å². The predicted octanol–water partition coefficient (Wildman–Crippen LogP) is -1.06. The maximum atomic E-state index is 10.2. The van der Waals surface area contributed by atoms with Crippen LogP contribution in [0.1, 0.15) is 34.1 Å². The Hall–Kier alpha value is -0.360. The van der Waals surface area contributed by atoms with Crippen LogP contribution in [0.15, 0.2) is 0 Å². The van der Waals surface area contributed by atoms with Gasteiger partial charge in [-0.25, -0.2) is 0 Å². The maximum Gasteiger partial charge on any atom is 0.186 e. The first kappa shape index (κ1) is 23.7. The molecule has 1 aliphatic rings. The number of hydrogen-bond donors (Lipinski definition) is 5. The third-order valence-electron chi connectivity index (χ3n) is 4.62. The topological polar surface area (TPSA) is 144 Å². The van der Waals surface area contributed by atoms with E-state index in [0.29, 0.717) is 6.42 Å². The SMILES string of the molecule is CCC1OC(OC(C)C(CO)OC(OCCN)[C@@H](C)O)C(O)C(O)C1C. The average Bonchev–Trinajstić information content (AvgIpc) is 2.61. The van der Waals surface area contributed by atoms with Gasteiger partial charge in [0.15, 0.2) is 12.6 Å². The summed E-state index contributed by atoms with van der Waals surface area (Å²) in [4.78, 5) is 0. The minimum absolute atomic E-state index is 0.190. The summed E-state index contributed by atoms with van der Waals surface area (Å²) in [5.41, 5.74) is 5.39. The van der Waals surface area contributed by atoms with Crippen LogP contribution in [0, 0.1) is 5.92 Å². The van der Waals surface area contributed by atoms with Crippen LogP contribution in [0.2, 0.25) is 0 Å². The molecule has 0 saturated carbocycles. The summed E-state index contributed by atoms with van der Waals surface area (Å²) in [6, 6.07) is 0. The fraction of sp³-hybridized carbons (Fsp3) is 1.00. The van der Waals surface area contributed by atoms with E-state index in [4.69, 9.17) is 24.7 Å². The Balaban J connectivity index is 2.70. The largest absolute Gasteiger partial charge is 0.394 e. The molecule has 0 bridgehead atoms. The molecule has 0 aromatic carbocycles. The molecular formula is C17H35NO8. The van der Waals surface area contributed by atoms with Crippen molar-refractivity contribution >= 4 is 0 Å². The van der Waals surface area contributed by atoms with E-state index < -0.39 is 49.7 Å². The molecule has 1 aliphatic heterocycles. The summed E-state index contributed by atoms with van der Waals surface area (Å²) in [5, 5.41) is 39.8. The lowest BCUT2D eigenvalue weighted by Gasteiger charge is -2.42. The van der Waals surface area contributed by atoms with Crippen LogP contribution in [0.4, 0.5) is 0 Å². The number of rotatable bonds is 11. The molecule has 8 unspecified atom stereocenters. The van der Waals surface area contributed by atoms with Gasteiger partial charge in [-0.1, -0.05) is 13.8 Å². The zero-order valence-electron chi connectivity index (χ0n) is 16.0. The van der Waals surface area contributed by atoms with Crippen molar-refractivity contribution in [3.05, 3.63) is 0 Å². The van der Waals surface area contributed by atoms with Crippen molar-refractivity contribution < 1.29 is 39.4 Å². The van der Waals surface area contributed by atoms with Crippen LogP contribution in [-0.4, -0.2) is 89.4 Å². The van der Waals surface area contributed by atoms with Gasteiger partial charge in [0.2, 0.25) is 0 Å². The highest BCUT2D eigenvalue weighted by Gasteiger charge is 2.43. The Morgan fingerprint density at radius 1 is 1.19 bits per heavy atom. The number of hydrogen-bond acceptors (Lipinski definition) is 9. The van der Waals surface area contributed by atoms with Crippen molar-refractivity contribution in [2.45, 2.75) is 83.3 Å². The van der Waals surface area contributed by atoms with Crippen LogP contribution in [-0.2, 0) is 18.9 Å². The first-order valence-corrected chi connectivity index (χ1v) is 9.19. The van der Waals surface area contributed by atoms with Gasteiger partial charge in [-0.2, -0.15) is 0 Å². The summed E-state index contributed by atoms with van der Waals surface area (Å²) in [6.45, 7) is 6.93. The first-order chi connectivity index (χ1) is 12.3. The summed E-state index contributed by atoms with van der Waals surface area (Å²) in [6.07, 6.45) is -6.27. The third-order valence-corrected chi connectivity index (χ3v) is 4.62. The van der Waals surface area contributed by atoms with Crippen molar-refractivity contribution in [3.63, 3.8) is 0 Å². The van der Waals surface area contributed by atoms with E-state index in [-0.39, 0.29) is 25.2 Å². The van der Waals surface area contributed by atoms with Crippen molar-refractivity contribution in [1.29, 1.82) is 0 Å². The quantitative estimate of drug-likeness (QED) is 0.283. The second-order valence-corrected chi connectivity index (χ2v) is 6.76. The summed E-state index contributed by atoms with van der Waals surface area (Å²) in [5.74, 6) is -0.223. The highest BCUT2D eigenvalue weighted by atomic mass is 16.7. The van der Waals surface area contributed by atoms with E-state index in [2.05, 4.69) is 0 Å². The van der Waals surface area contributed by atoms with E-state index >= 15 is 0 Å². The van der Waals surface area contributed by atoms with Crippen LogP contribution >= 0.6 is 0 Å². The lowest BCUT2D eigenvalue weighted by molar-refractivity contribution is -0.312. The molecule has 6 N–H and O–H groups in total. The second-order valence-electron chi connectivity index (χ2n) is 6.76. The number of aliphatic hydroxyl groups is 4. The van der Waals surface area contributed by atoms with E-state index in [1.807, 2.05) is 13.8 Å². The molecule has 9 atom stereocenters. The van der Waals surface area contributed by atoms with Crippen molar-refractivity contribution in [2.75, 3.05) is 19.8 Å². The van der Waals surface area contributed by atoms with Gasteiger partial charge < -0.3 is 45.1 Å². The minimum Gasteiger partial charge on any atom is -0.394 e. The Morgan fingerprint density at radius 3 is 2.35 bits per heavy atom. The zero-order valence-corrected chi connectivity index (χ0v) is 16.0. The monoisotopic (exact) mass is 381 g/mol. The molecule has 9 heteroatoms. The van der Waals surface area contributed by atoms with Crippen molar-refractivity contribution in [1.82, 2.24) is 0 Å². The second kappa shape index (κ2) is 11.5. The summed E-state index contributed by atoms with van der Waals surface area (Å²) < 4.78 is 22.4. The lowest BCUT2D eigenvalue weighted by atomic mass is 9.89. The highest BCUT2D eigenvalue weighted by Crippen LogP contribution is 2.29. The van der Waals surface area contributed by atoms with E-state index in [1.54, 1.807) is 6.92 Å². The molecule has 1 heterocycles. The van der Waals surface area contributed by atoms with E-state index in [0.717, 1.165) is 0 Å². The molecule has 26 heavy (non-hydrogen) atoms. The molecule has 0 radical (unpaired) electrons. The molecule has 0 aromatic rings. The van der Waals surface area contributed by atoms with Gasteiger partial charge in [0.1, 0.15) is 18.3 Å². The summed E-state index contributed by atoms with van der Waals surface area (Å²) in [7, 11) is 0. The van der Waals surface area contributed by atoms with Crippen LogP contribution in [0.5, 0.6) is 0 Å².